The Balaban J connectivity index is 2.38. The van der Waals surface area contributed by atoms with Crippen molar-refractivity contribution in [2.75, 3.05) is 0 Å². The number of carboxylic acid groups (broad SMARTS) is 1. The van der Waals surface area contributed by atoms with E-state index in [1.165, 1.54) is 0 Å². The number of hydrogen-bond acceptors (Lipinski definition) is 4. The summed E-state index contributed by atoms with van der Waals surface area (Å²) in [5, 5.41) is 10.4. The van der Waals surface area contributed by atoms with Gasteiger partial charge in [-0.1, -0.05) is 0 Å². The Hall–Kier alpha value is -1.59. The van der Waals surface area contributed by atoms with Crippen LogP contribution in [0.15, 0.2) is 0 Å². The fourth-order valence-electron chi connectivity index (χ4n) is 0.851. The molecule has 0 saturated carbocycles. The molecule has 2 N–H and O–H groups in total. The van der Waals surface area contributed by atoms with Crippen molar-refractivity contribution in [2.45, 2.75) is 18.9 Å². The van der Waals surface area contributed by atoms with Crippen molar-refractivity contribution in [3.8, 4) is 0 Å². The van der Waals surface area contributed by atoms with E-state index in [9.17, 15) is 14.4 Å². The molecule has 1 heterocycles. The van der Waals surface area contributed by atoms with Crippen molar-refractivity contribution in [2.24, 2.45) is 0 Å². The molecule has 6 nitrogen and oxygen atoms in total. The summed E-state index contributed by atoms with van der Waals surface area (Å²) in [6, 6.07) is -0.798. The molecule has 1 aliphatic heterocycles. The predicted octanol–water partition coefficient (Wildman–Crippen LogP) is -0.514. The molecule has 0 radical (unpaired) electrons. The van der Waals surface area contributed by atoms with Gasteiger partial charge < -0.3 is 15.2 Å². The van der Waals surface area contributed by atoms with Crippen molar-refractivity contribution in [3.63, 3.8) is 0 Å². The standard InChI is InChI=1S/C6H7NO5/c8-4(9)2-1-3-5(10)12-6(11)7-3/h3H,1-2H2,(H,7,11)(H,8,9). The lowest BCUT2D eigenvalue weighted by Crippen LogP contribution is -2.29. The summed E-state index contributed by atoms with van der Waals surface area (Å²) in [4.78, 5) is 31.2. The SMILES string of the molecule is O=C(O)CCC1NC(=O)OC1=O. The molecule has 1 rings (SSSR count). The first-order valence-corrected chi connectivity index (χ1v) is 3.33. The number of hydrogen-bond donors (Lipinski definition) is 2. The predicted molar refractivity (Wildman–Crippen MR) is 35.3 cm³/mol. The third-order valence-corrected chi connectivity index (χ3v) is 1.42. The lowest BCUT2D eigenvalue weighted by Gasteiger charge is -2.00. The van der Waals surface area contributed by atoms with Gasteiger partial charge in [0.1, 0.15) is 6.04 Å². The highest BCUT2D eigenvalue weighted by atomic mass is 16.6. The maximum atomic E-state index is 10.7. The zero-order chi connectivity index (χ0) is 9.14. The highest BCUT2D eigenvalue weighted by Crippen LogP contribution is 2.06. The number of cyclic esters (lactones) is 2. The minimum atomic E-state index is -1.01. The van der Waals surface area contributed by atoms with Crippen LogP contribution in [0.1, 0.15) is 12.8 Å². The fourth-order valence-corrected chi connectivity index (χ4v) is 0.851. The molecule has 66 valence electrons. The van der Waals surface area contributed by atoms with Gasteiger partial charge in [-0.15, -0.1) is 0 Å². The average molecular weight is 173 g/mol. The second-order valence-corrected chi connectivity index (χ2v) is 2.34. The van der Waals surface area contributed by atoms with Gasteiger partial charge >= 0.3 is 18.0 Å². The first-order chi connectivity index (χ1) is 5.59. The summed E-state index contributed by atoms with van der Waals surface area (Å²) in [7, 11) is 0. The number of carbonyl (C=O) groups is 3. The molecule has 0 bridgehead atoms. The Labute approximate surface area is 67.5 Å². The quantitative estimate of drug-likeness (QED) is 0.442. The summed E-state index contributed by atoms with van der Waals surface area (Å²) < 4.78 is 4.12. The minimum Gasteiger partial charge on any atom is -0.481 e. The molecule has 1 atom stereocenters. The molecule has 1 aliphatic rings. The van der Waals surface area contributed by atoms with Crippen molar-refractivity contribution in [1.82, 2.24) is 5.32 Å². The van der Waals surface area contributed by atoms with Crippen LogP contribution in [-0.4, -0.2) is 29.2 Å². The van der Waals surface area contributed by atoms with Gasteiger partial charge in [0, 0.05) is 6.42 Å². The van der Waals surface area contributed by atoms with Crippen LogP contribution in [0.5, 0.6) is 0 Å². The first-order valence-electron chi connectivity index (χ1n) is 3.33. The van der Waals surface area contributed by atoms with Gasteiger partial charge in [0.2, 0.25) is 0 Å². The van der Waals surface area contributed by atoms with E-state index in [0.717, 1.165) is 0 Å². The second kappa shape index (κ2) is 3.21. The molecule has 0 aliphatic carbocycles. The summed E-state index contributed by atoms with van der Waals surface area (Å²) >= 11 is 0. The van der Waals surface area contributed by atoms with Gasteiger partial charge in [0.25, 0.3) is 0 Å². The molecule has 1 saturated heterocycles. The van der Waals surface area contributed by atoms with Crippen molar-refractivity contribution in [3.05, 3.63) is 0 Å². The van der Waals surface area contributed by atoms with Crippen LogP contribution in [0.2, 0.25) is 0 Å². The van der Waals surface area contributed by atoms with Crippen LogP contribution in [0, 0.1) is 0 Å². The van der Waals surface area contributed by atoms with Crippen LogP contribution in [0.4, 0.5) is 4.79 Å². The molecular formula is C6H7NO5. The van der Waals surface area contributed by atoms with Gasteiger partial charge in [-0.3, -0.25) is 4.79 Å². The smallest absolute Gasteiger partial charge is 0.415 e. The topological polar surface area (TPSA) is 92.7 Å². The number of amides is 1. The Morgan fingerprint density at radius 1 is 1.58 bits per heavy atom. The van der Waals surface area contributed by atoms with Gasteiger partial charge in [-0.25, -0.2) is 9.59 Å². The number of alkyl carbamates (subject to hydrolysis) is 1. The van der Waals surface area contributed by atoms with E-state index in [1.807, 2.05) is 0 Å². The summed E-state index contributed by atoms with van der Waals surface area (Å²) in [6.07, 6.45) is -0.907. The maximum Gasteiger partial charge on any atom is 0.415 e. The fraction of sp³-hybridized carbons (Fsp3) is 0.500. The number of aliphatic carboxylic acids is 1. The van der Waals surface area contributed by atoms with Crippen LogP contribution >= 0.6 is 0 Å². The van der Waals surface area contributed by atoms with E-state index in [2.05, 4.69) is 10.1 Å². The van der Waals surface area contributed by atoms with E-state index in [1.54, 1.807) is 0 Å². The molecule has 0 aromatic carbocycles. The highest BCUT2D eigenvalue weighted by Gasteiger charge is 2.32. The Morgan fingerprint density at radius 2 is 2.25 bits per heavy atom. The minimum absolute atomic E-state index is 0.0694. The van der Waals surface area contributed by atoms with Gasteiger partial charge in [-0.05, 0) is 6.42 Å². The lowest BCUT2D eigenvalue weighted by molar-refractivity contribution is -0.138. The van der Waals surface area contributed by atoms with Gasteiger partial charge in [-0.2, -0.15) is 0 Å². The number of ether oxygens (including phenoxy) is 1. The average Bonchev–Trinajstić information content (AvgIpc) is 2.26. The molecule has 1 fully saturated rings. The van der Waals surface area contributed by atoms with Crippen LogP contribution in [0.3, 0.4) is 0 Å². The molecule has 0 aromatic heterocycles. The largest absolute Gasteiger partial charge is 0.481 e. The normalized spacial score (nSPS) is 21.8. The zero-order valence-corrected chi connectivity index (χ0v) is 6.07. The van der Waals surface area contributed by atoms with Crippen LogP contribution < -0.4 is 5.32 Å². The van der Waals surface area contributed by atoms with E-state index in [-0.39, 0.29) is 12.8 Å². The van der Waals surface area contributed by atoms with Crippen LogP contribution in [-0.2, 0) is 14.3 Å². The first kappa shape index (κ1) is 8.51. The molecular weight excluding hydrogens is 166 g/mol. The number of carboxylic acids is 1. The zero-order valence-electron chi connectivity index (χ0n) is 6.07. The van der Waals surface area contributed by atoms with Gasteiger partial charge in [0.05, 0.1) is 0 Å². The monoisotopic (exact) mass is 173 g/mol. The second-order valence-electron chi connectivity index (χ2n) is 2.34. The number of rotatable bonds is 3. The summed E-state index contributed by atoms with van der Waals surface area (Å²) in [5.74, 6) is -1.72. The van der Waals surface area contributed by atoms with E-state index in [0.29, 0.717) is 0 Å². The Bertz CT molecular complexity index is 236. The summed E-state index contributed by atoms with van der Waals surface area (Å²) in [5.41, 5.74) is 0. The molecule has 6 heteroatoms. The Morgan fingerprint density at radius 3 is 2.67 bits per heavy atom. The van der Waals surface area contributed by atoms with E-state index in [4.69, 9.17) is 5.11 Å². The molecule has 1 unspecified atom stereocenters. The molecule has 12 heavy (non-hydrogen) atoms. The molecule has 0 aromatic rings. The number of carbonyl (C=O) groups excluding carboxylic acids is 2. The summed E-state index contributed by atoms with van der Waals surface area (Å²) in [6.45, 7) is 0. The van der Waals surface area contributed by atoms with E-state index < -0.39 is 24.1 Å². The van der Waals surface area contributed by atoms with Crippen molar-refractivity contribution < 1.29 is 24.2 Å². The Kier molecular flexibility index (Phi) is 2.27. The van der Waals surface area contributed by atoms with Crippen molar-refractivity contribution >= 4 is 18.0 Å². The van der Waals surface area contributed by atoms with Gasteiger partial charge in [0.15, 0.2) is 0 Å². The van der Waals surface area contributed by atoms with Crippen LogP contribution in [0.25, 0.3) is 0 Å². The highest BCUT2D eigenvalue weighted by molar-refractivity contribution is 5.95. The third kappa shape index (κ3) is 1.94. The van der Waals surface area contributed by atoms with E-state index >= 15 is 0 Å². The molecule has 0 spiro atoms. The number of nitrogens with one attached hydrogen (secondary N) is 1. The maximum absolute atomic E-state index is 10.7. The van der Waals surface area contributed by atoms with Crippen molar-refractivity contribution in [1.29, 1.82) is 0 Å². The lowest BCUT2D eigenvalue weighted by atomic mass is 10.2. The molecule has 1 amide bonds. The third-order valence-electron chi connectivity index (χ3n) is 1.42. The number of esters is 1.